The predicted octanol–water partition coefficient (Wildman–Crippen LogP) is 2.80. The molecule has 1 aromatic heterocycles. The third kappa shape index (κ3) is 3.72. The van der Waals surface area contributed by atoms with Crippen molar-refractivity contribution in [1.82, 2.24) is 9.88 Å². The number of rotatable bonds is 5. The number of benzene rings is 1. The van der Waals surface area contributed by atoms with Crippen molar-refractivity contribution in [2.75, 3.05) is 13.1 Å². The van der Waals surface area contributed by atoms with Gasteiger partial charge in [0.1, 0.15) is 0 Å². The van der Waals surface area contributed by atoms with E-state index in [-0.39, 0.29) is 17.7 Å². The van der Waals surface area contributed by atoms with E-state index in [0.717, 1.165) is 48.9 Å². The molecule has 2 fully saturated rings. The molecular weight excluding hydrogens is 338 g/mol. The highest BCUT2D eigenvalue weighted by Crippen LogP contribution is 2.38. The molecule has 2 amide bonds. The van der Waals surface area contributed by atoms with E-state index in [1.807, 2.05) is 41.4 Å². The van der Waals surface area contributed by atoms with Gasteiger partial charge >= 0.3 is 0 Å². The average Bonchev–Trinajstić information content (AvgIpc) is 3.54. The second kappa shape index (κ2) is 7.14. The number of aromatic nitrogens is 1. The molecule has 27 heavy (non-hydrogen) atoms. The number of nitrogens with two attached hydrogens (primary N) is 1. The van der Waals surface area contributed by atoms with Gasteiger partial charge in [-0.1, -0.05) is 30.3 Å². The predicted molar refractivity (Wildman–Crippen MR) is 104 cm³/mol. The van der Waals surface area contributed by atoms with Gasteiger partial charge in [0.25, 0.3) is 0 Å². The molecule has 140 valence electrons. The van der Waals surface area contributed by atoms with Gasteiger partial charge in [-0.15, -0.1) is 0 Å². The first-order valence-corrected chi connectivity index (χ1v) is 9.65. The monoisotopic (exact) mass is 363 g/mol. The molecule has 1 saturated heterocycles. The minimum Gasteiger partial charge on any atom is -0.369 e. The first-order chi connectivity index (χ1) is 13.1. The standard InChI is InChI=1S/C22H25N3O2/c23-21(27)22(9-3-11-25(15-22)20(26)17-7-8-17)13-16-4-1-5-18(12-16)19-6-2-10-24-14-19/h1-2,4-6,10,12,14,17H,3,7-9,11,13,15H2,(H2,23,27)/t22-/m0/s1. The highest BCUT2D eigenvalue weighted by Gasteiger charge is 2.44. The zero-order valence-corrected chi connectivity index (χ0v) is 15.4. The van der Waals surface area contributed by atoms with E-state index < -0.39 is 5.41 Å². The van der Waals surface area contributed by atoms with Crippen molar-refractivity contribution in [2.45, 2.75) is 32.1 Å². The molecule has 2 heterocycles. The summed E-state index contributed by atoms with van der Waals surface area (Å²) in [6.07, 6.45) is 7.66. The lowest BCUT2D eigenvalue weighted by atomic mass is 9.74. The Morgan fingerprint density at radius 3 is 2.70 bits per heavy atom. The average molecular weight is 363 g/mol. The van der Waals surface area contributed by atoms with E-state index in [2.05, 4.69) is 11.1 Å². The summed E-state index contributed by atoms with van der Waals surface area (Å²) in [6, 6.07) is 12.1. The Balaban J connectivity index is 1.58. The summed E-state index contributed by atoms with van der Waals surface area (Å²) >= 11 is 0. The van der Waals surface area contributed by atoms with Gasteiger partial charge in [-0.3, -0.25) is 14.6 Å². The summed E-state index contributed by atoms with van der Waals surface area (Å²) in [4.78, 5) is 31.0. The third-order valence-electron chi connectivity index (χ3n) is 5.80. The molecule has 0 unspecified atom stereocenters. The molecule has 1 aliphatic carbocycles. The number of piperidine rings is 1. The number of carbonyl (C=O) groups excluding carboxylic acids is 2. The van der Waals surface area contributed by atoms with Crippen LogP contribution in [0.3, 0.4) is 0 Å². The molecule has 4 rings (SSSR count). The molecule has 5 heteroatoms. The highest BCUT2D eigenvalue weighted by molar-refractivity contribution is 5.85. The van der Waals surface area contributed by atoms with Gasteiger partial charge in [-0.25, -0.2) is 0 Å². The maximum absolute atomic E-state index is 12.5. The molecule has 1 saturated carbocycles. The molecule has 5 nitrogen and oxygen atoms in total. The minimum absolute atomic E-state index is 0.169. The second-order valence-electron chi connectivity index (χ2n) is 7.90. The van der Waals surface area contributed by atoms with Gasteiger partial charge in [0.2, 0.25) is 11.8 Å². The van der Waals surface area contributed by atoms with Gasteiger partial charge in [-0.2, -0.15) is 0 Å². The number of primary amides is 1. The van der Waals surface area contributed by atoms with Crippen LogP contribution in [0.1, 0.15) is 31.2 Å². The van der Waals surface area contributed by atoms with Crippen molar-refractivity contribution in [3.63, 3.8) is 0 Å². The number of amides is 2. The third-order valence-corrected chi connectivity index (χ3v) is 5.80. The number of pyridine rings is 1. The fraction of sp³-hybridized carbons (Fsp3) is 0.409. The van der Waals surface area contributed by atoms with Crippen LogP contribution in [0.5, 0.6) is 0 Å². The van der Waals surface area contributed by atoms with E-state index in [0.29, 0.717) is 13.0 Å². The lowest BCUT2D eigenvalue weighted by Gasteiger charge is -2.41. The number of carbonyl (C=O) groups is 2. The van der Waals surface area contributed by atoms with Gasteiger partial charge in [0.15, 0.2) is 0 Å². The summed E-state index contributed by atoms with van der Waals surface area (Å²) in [5, 5.41) is 0. The van der Waals surface area contributed by atoms with Crippen LogP contribution in [0.15, 0.2) is 48.8 Å². The maximum atomic E-state index is 12.5. The van der Waals surface area contributed by atoms with Crippen LogP contribution in [0.2, 0.25) is 0 Å². The van der Waals surface area contributed by atoms with E-state index in [1.54, 1.807) is 6.20 Å². The van der Waals surface area contributed by atoms with Gasteiger partial charge in [0, 0.05) is 31.4 Å². The van der Waals surface area contributed by atoms with Gasteiger partial charge < -0.3 is 10.6 Å². The summed E-state index contributed by atoms with van der Waals surface area (Å²) in [7, 11) is 0. The number of hydrogen-bond acceptors (Lipinski definition) is 3. The summed E-state index contributed by atoms with van der Waals surface area (Å²) in [6.45, 7) is 1.18. The van der Waals surface area contributed by atoms with E-state index >= 15 is 0 Å². The SMILES string of the molecule is NC(=O)[C@]1(Cc2cccc(-c3cccnc3)c2)CCCN(C(=O)C2CC2)C1. The molecule has 2 aromatic rings. The summed E-state index contributed by atoms with van der Waals surface area (Å²) in [5.41, 5.74) is 8.36. The van der Waals surface area contributed by atoms with E-state index in [1.165, 1.54) is 0 Å². The smallest absolute Gasteiger partial charge is 0.225 e. The van der Waals surface area contributed by atoms with Crippen LogP contribution in [0.4, 0.5) is 0 Å². The number of likely N-dealkylation sites (tertiary alicyclic amines) is 1. The topological polar surface area (TPSA) is 76.3 Å². The first-order valence-electron chi connectivity index (χ1n) is 9.65. The second-order valence-corrected chi connectivity index (χ2v) is 7.90. The van der Waals surface area contributed by atoms with Crippen molar-refractivity contribution in [1.29, 1.82) is 0 Å². The molecule has 2 aliphatic rings. The highest BCUT2D eigenvalue weighted by atomic mass is 16.2. The Kier molecular flexibility index (Phi) is 4.68. The zero-order chi connectivity index (χ0) is 18.9. The fourth-order valence-electron chi connectivity index (χ4n) is 4.13. The molecule has 0 radical (unpaired) electrons. The van der Waals surface area contributed by atoms with Crippen LogP contribution < -0.4 is 5.73 Å². The van der Waals surface area contributed by atoms with Crippen molar-refractivity contribution in [3.05, 3.63) is 54.4 Å². The van der Waals surface area contributed by atoms with Crippen LogP contribution >= 0.6 is 0 Å². The Labute approximate surface area is 159 Å². The van der Waals surface area contributed by atoms with Gasteiger partial charge in [0.05, 0.1) is 5.41 Å². The van der Waals surface area contributed by atoms with Crippen LogP contribution in [-0.4, -0.2) is 34.8 Å². The normalized spacial score (nSPS) is 22.4. The maximum Gasteiger partial charge on any atom is 0.225 e. The largest absolute Gasteiger partial charge is 0.369 e. The molecule has 1 aliphatic heterocycles. The quantitative estimate of drug-likeness (QED) is 0.887. The number of nitrogens with zero attached hydrogens (tertiary/aromatic N) is 2. The molecule has 0 bridgehead atoms. The molecule has 1 atom stereocenters. The Morgan fingerprint density at radius 2 is 2.00 bits per heavy atom. The zero-order valence-electron chi connectivity index (χ0n) is 15.4. The van der Waals surface area contributed by atoms with Crippen LogP contribution in [0, 0.1) is 11.3 Å². The van der Waals surface area contributed by atoms with Gasteiger partial charge in [-0.05, 0) is 54.9 Å². The molecule has 2 N–H and O–H groups in total. The van der Waals surface area contributed by atoms with Crippen molar-refractivity contribution in [3.8, 4) is 11.1 Å². The Bertz CT molecular complexity index is 848. The first kappa shape index (κ1) is 17.7. The lowest BCUT2D eigenvalue weighted by molar-refractivity contribution is -0.140. The Hall–Kier alpha value is -2.69. The molecule has 0 spiro atoms. The van der Waals surface area contributed by atoms with E-state index in [4.69, 9.17) is 5.73 Å². The van der Waals surface area contributed by atoms with Crippen LogP contribution in [0.25, 0.3) is 11.1 Å². The summed E-state index contributed by atoms with van der Waals surface area (Å²) < 4.78 is 0. The van der Waals surface area contributed by atoms with Crippen LogP contribution in [-0.2, 0) is 16.0 Å². The fourth-order valence-corrected chi connectivity index (χ4v) is 4.13. The summed E-state index contributed by atoms with van der Waals surface area (Å²) in [5.74, 6) is 0.0644. The number of hydrogen-bond donors (Lipinski definition) is 1. The lowest BCUT2D eigenvalue weighted by Crippen LogP contribution is -2.53. The van der Waals surface area contributed by atoms with Crippen molar-refractivity contribution < 1.29 is 9.59 Å². The molecule has 1 aromatic carbocycles. The minimum atomic E-state index is -0.684. The van der Waals surface area contributed by atoms with E-state index in [9.17, 15) is 9.59 Å². The molecular formula is C22H25N3O2. The Morgan fingerprint density at radius 1 is 1.19 bits per heavy atom. The van der Waals surface area contributed by atoms with Crippen molar-refractivity contribution >= 4 is 11.8 Å². The van der Waals surface area contributed by atoms with Crippen molar-refractivity contribution in [2.24, 2.45) is 17.1 Å².